The molecule has 1 spiro atoms. The van der Waals surface area contributed by atoms with Crippen LogP contribution in [0, 0.1) is 0 Å². The molecule has 2 aliphatic carbocycles. The molecular formula is C29H32N4O3. The third-order valence-corrected chi connectivity index (χ3v) is 7.85. The second kappa shape index (κ2) is 9.00. The number of nitrogens with two attached hydrogens (primary N) is 1. The van der Waals surface area contributed by atoms with Gasteiger partial charge in [0.2, 0.25) is 0 Å². The monoisotopic (exact) mass is 484 g/mol. The Bertz CT molecular complexity index is 1350. The highest BCUT2D eigenvalue weighted by Gasteiger charge is 2.45. The lowest BCUT2D eigenvalue weighted by Gasteiger charge is -2.41. The molecule has 3 heterocycles. The molecule has 1 saturated heterocycles. The van der Waals surface area contributed by atoms with E-state index in [1.165, 1.54) is 11.3 Å². The molecule has 2 fully saturated rings. The predicted molar refractivity (Wildman–Crippen MR) is 140 cm³/mol. The standard InChI is InChI=1S/C29H32N4O3/c1-20-6-9-22(10-7-20)33-19-24(23-4-2-3-5-25(23)33)27(34)32-21-8-11-26(31-18-21)28(30)12-14-29(15-13-28)35-16-17-36-29/h2-6,8-9,11,18-19H,7,10,12-17,30H2,1H3,(H,32,34). The number of hydrogen-bond donors (Lipinski definition) is 2. The van der Waals surface area contributed by atoms with Crippen molar-refractivity contribution in [2.24, 2.45) is 5.73 Å². The smallest absolute Gasteiger partial charge is 0.257 e. The highest BCUT2D eigenvalue weighted by Crippen LogP contribution is 2.43. The molecule has 7 heteroatoms. The molecule has 1 saturated carbocycles. The maximum atomic E-state index is 13.3. The van der Waals surface area contributed by atoms with Crippen molar-refractivity contribution in [2.45, 2.75) is 56.8 Å². The van der Waals surface area contributed by atoms with E-state index in [1.54, 1.807) is 6.20 Å². The number of nitrogens with zero attached hydrogens (tertiary/aromatic N) is 2. The number of para-hydroxylation sites is 1. The highest BCUT2D eigenvalue weighted by atomic mass is 16.7. The first-order valence-electron chi connectivity index (χ1n) is 12.8. The number of hydrogen-bond acceptors (Lipinski definition) is 5. The average molecular weight is 485 g/mol. The second-order valence-corrected chi connectivity index (χ2v) is 10.3. The number of carbonyl (C=O) groups is 1. The maximum absolute atomic E-state index is 13.3. The van der Waals surface area contributed by atoms with Crippen LogP contribution in [0.2, 0.25) is 0 Å². The molecule has 7 nitrogen and oxygen atoms in total. The molecule has 0 radical (unpaired) electrons. The molecule has 36 heavy (non-hydrogen) atoms. The number of anilines is 1. The molecule has 186 valence electrons. The van der Waals surface area contributed by atoms with Gasteiger partial charge in [-0.05, 0) is 56.9 Å². The van der Waals surface area contributed by atoms with Crippen molar-refractivity contribution in [3.05, 3.63) is 77.8 Å². The molecule has 1 aromatic carbocycles. The van der Waals surface area contributed by atoms with Crippen LogP contribution in [0.25, 0.3) is 16.6 Å². The summed E-state index contributed by atoms with van der Waals surface area (Å²) >= 11 is 0. The van der Waals surface area contributed by atoms with Crippen LogP contribution in [0.3, 0.4) is 0 Å². The van der Waals surface area contributed by atoms with Crippen LogP contribution in [-0.4, -0.2) is 34.5 Å². The van der Waals surface area contributed by atoms with Crippen molar-refractivity contribution in [1.82, 2.24) is 9.55 Å². The fourth-order valence-electron chi connectivity index (χ4n) is 5.61. The molecule has 1 amide bonds. The van der Waals surface area contributed by atoms with Gasteiger partial charge in [0.15, 0.2) is 5.79 Å². The Morgan fingerprint density at radius 1 is 1.03 bits per heavy atom. The highest BCUT2D eigenvalue weighted by molar-refractivity contribution is 6.13. The number of fused-ring (bicyclic) bond motifs is 1. The van der Waals surface area contributed by atoms with Crippen LogP contribution in [0.15, 0.2) is 66.5 Å². The maximum Gasteiger partial charge on any atom is 0.257 e. The number of ether oxygens (including phenoxy) is 2. The fourth-order valence-corrected chi connectivity index (χ4v) is 5.61. The van der Waals surface area contributed by atoms with Crippen molar-refractivity contribution in [1.29, 1.82) is 0 Å². The van der Waals surface area contributed by atoms with Gasteiger partial charge in [-0.25, -0.2) is 0 Å². The van der Waals surface area contributed by atoms with Gasteiger partial charge >= 0.3 is 0 Å². The van der Waals surface area contributed by atoms with Gasteiger partial charge < -0.3 is 25.1 Å². The minimum atomic E-state index is -0.517. The summed E-state index contributed by atoms with van der Waals surface area (Å²) in [5.41, 5.74) is 11.9. The van der Waals surface area contributed by atoms with E-state index < -0.39 is 11.3 Å². The van der Waals surface area contributed by atoms with Gasteiger partial charge in [-0.3, -0.25) is 9.78 Å². The van der Waals surface area contributed by atoms with E-state index in [0.717, 1.165) is 55.1 Å². The summed E-state index contributed by atoms with van der Waals surface area (Å²) in [5, 5.41) is 3.96. The van der Waals surface area contributed by atoms with Crippen molar-refractivity contribution in [3.8, 4) is 0 Å². The zero-order valence-corrected chi connectivity index (χ0v) is 20.6. The van der Waals surface area contributed by atoms with E-state index in [2.05, 4.69) is 40.0 Å². The summed E-state index contributed by atoms with van der Waals surface area (Å²) in [4.78, 5) is 18.0. The molecule has 0 atom stereocenters. The lowest BCUT2D eigenvalue weighted by atomic mass is 9.77. The van der Waals surface area contributed by atoms with E-state index in [-0.39, 0.29) is 5.91 Å². The van der Waals surface area contributed by atoms with E-state index in [9.17, 15) is 4.79 Å². The number of carbonyl (C=O) groups excluding carboxylic acids is 1. The number of aromatic nitrogens is 2. The molecule has 3 aliphatic rings. The number of pyridine rings is 1. The average Bonchev–Trinajstić information content (AvgIpc) is 3.52. The molecule has 3 N–H and O–H groups in total. The van der Waals surface area contributed by atoms with Crippen LogP contribution in [0.4, 0.5) is 5.69 Å². The van der Waals surface area contributed by atoms with Gasteiger partial charge in [0.25, 0.3) is 5.91 Å². The van der Waals surface area contributed by atoms with Crippen LogP contribution in [0.5, 0.6) is 0 Å². The number of nitrogens with one attached hydrogen (secondary N) is 1. The molecule has 3 aromatic rings. The Kier molecular flexibility index (Phi) is 5.79. The van der Waals surface area contributed by atoms with Gasteiger partial charge in [0.05, 0.1) is 47.4 Å². The molecule has 0 unspecified atom stereocenters. The van der Waals surface area contributed by atoms with Gasteiger partial charge in [0, 0.05) is 30.1 Å². The van der Waals surface area contributed by atoms with E-state index in [1.807, 2.05) is 36.5 Å². The van der Waals surface area contributed by atoms with Gasteiger partial charge in [0.1, 0.15) is 0 Å². The van der Waals surface area contributed by atoms with Gasteiger partial charge in [-0.15, -0.1) is 0 Å². The van der Waals surface area contributed by atoms with E-state index >= 15 is 0 Å². The number of rotatable bonds is 4. The Balaban J connectivity index is 1.20. The number of benzene rings is 1. The lowest BCUT2D eigenvalue weighted by Crippen LogP contribution is -2.47. The molecule has 0 bridgehead atoms. The topological polar surface area (TPSA) is 91.4 Å². The first-order chi connectivity index (χ1) is 17.4. The van der Waals surface area contributed by atoms with Crippen molar-refractivity contribution in [3.63, 3.8) is 0 Å². The summed E-state index contributed by atoms with van der Waals surface area (Å²) in [7, 11) is 0. The minimum Gasteiger partial charge on any atom is -0.348 e. The summed E-state index contributed by atoms with van der Waals surface area (Å²) in [6.07, 6.45) is 13.0. The predicted octanol–water partition coefficient (Wildman–Crippen LogP) is 5.34. The lowest BCUT2D eigenvalue weighted by molar-refractivity contribution is -0.185. The Morgan fingerprint density at radius 2 is 1.81 bits per heavy atom. The third-order valence-electron chi connectivity index (χ3n) is 7.85. The largest absolute Gasteiger partial charge is 0.348 e. The van der Waals surface area contributed by atoms with Crippen LogP contribution in [0.1, 0.15) is 61.5 Å². The van der Waals surface area contributed by atoms with Crippen LogP contribution in [-0.2, 0) is 15.0 Å². The Labute approximate surface area is 211 Å². The molecule has 6 rings (SSSR count). The van der Waals surface area contributed by atoms with E-state index in [0.29, 0.717) is 24.5 Å². The minimum absolute atomic E-state index is 0.153. The van der Waals surface area contributed by atoms with Gasteiger partial charge in [-0.2, -0.15) is 0 Å². The molecule has 2 aromatic heterocycles. The Hall–Kier alpha value is -3.26. The third kappa shape index (κ3) is 4.17. The van der Waals surface area contributed by atoms with Crippen LogP contribution < -0.4 is 11.1 Å². The fraction of sp³-hybridized carbons (Fsp3) is 0.379. The summed E-state index contributed by atoms with van der Waals surface area (Å²) in [5.74, 6) is -0.612. The zero-order chi connectivity index (χ0) is 24.8. The van der Waals surface area contributed by atoms with Crippen molar-refractivity contribution >= 4 is 28.2 Å². The number of allylic oxidation sites excluding steroid dienone is 4. The Morgan fingerprint density at radius 3 is 2.50 bits per heavy atom. The first-order valence-corrected chi connectivity index (χ1v) is 12.8. The SMILES string of the molecule is CC1=CC=C(n2cc(C(=O)Nc3ccc(C4(N)CCC5(CC4)OCCO5)nc3)c3ccccc32)CC1. The van der Waals surface area contributed by atoms with Crippen LogP contribution >= 0.6 is 0 Å². The zero-order valence-electron chi connectivity index (χ0n) is 20.6. The van der Waals surface area contributed by atoms with Crippen molar-refractivity contribution in [2.75, 3.05) is 18.5 Å². The molecular weight excluding hydrogens is 452 g/mol. The normalized spacial score (nSPS) is 20.8. The first kappa shape index (κ1) is 23.2. The summed E-state index contributed by atoms with van der Waals surface area (Å²) in [6.45, 7) is 3.45. The van der Waals surface area contributed by atoms with Gasteiger partial charge in [-0.1, -0.05) is 29.8 Å². The number of amides is 1. The van der Waals surface area contributed by atoms with Crippen molar-refractivity contribution < 1.29 is 14.3 Å². The quantitative estimate of drug-likeness (QED) is 0.522. The molecule has 1 aliphatic heterocycles. The van der Waals surface area contributed by atoms with E-state index in [4.69, 9.17) is 15.2 Å². The second-order valence-electron chi connectivity index (χ2n) is 10.3. The summed E-state index contributed by atoms with van der Waals surface area (Å²) < 4.78 is 13.8. The summed E-state index contributed by atoms with van der Waals surface area (Å²) in [6, 6.07) is 11.8.